The summed E-state index contributed by atoms with van der Waals surface area (Å²) in [7, 11) is 1.81. The monoisotopic (exact) mass is 312 g/mol. The Labute approximate surface area is 127 Å². The third-order valence-electron chi connectivity index (χ3n) is 3.35. The normalized spacial score (nSPS) is 19.0. The summed E-state index contributed by atoms with van der Waals surface area (Å²) in [5, 5.41) is 1.78. The van der Waals surface area contributed by atoms with Gasteiger partial charge in [0.25, 0.3) is 5.91 Å². The number of aromatic nitrogens is 1. The van der Waals surface area contributed by atoms with Gasteiger partial charge >= 0.3 is 0 Å². The molecule has 1 aromatic rings. The number of hydrogen-bond acceptors (Lipinski definition) is 6. The molecule has 0 spiro atoms. The molecule has 2 rings (SSSR count). The summed E-state index contributed by atoms with van der Waals surface area (Å²) >= 11 is 1.29. The summed E-state index contributed by atoms with van der Waals surface area (Å²) < 4.78 is 9.79. The van der Waals surface area contributed by atoms with Gasteiger partial charge in [0, 0.05) is 25.0 Å². The fourth-order valence-electron chi connectivity index (χ4n) is 2.36. The third kappa shape index (κ3) is 4.23. The van der Waals surface area contributed by atoms with Gasteiger partial charge in [0.15, 0.2) is 0 Å². The van der Waals surface area contributed by atoms with Crippen LogP contribution in [0.3, 0.4) is 0 Å². The van der Waals surface area contributed by atoms with Gasteiger partial charge in [-0.1, -0.05) is 0 Å². The summed E-state index contributed by atoms with van der Waals surface area (Å²) in [5.74, 6) is -0.381. The number of nitrogens with two attached hydrogens (primary N) is 1. The molecule has 7 nitrogen and oxygen atoms in total. The molecule has 8 heteroatoms. The van der Waals surface area contributed by atoms with Crippen LogP contribution in [0.5, 0.6) is 0 Å². The number of primary amides is 1. The lowest BCUT2D eigenvalue weighted by atomic mass is 10.2. The maximum atomic E-state index is 12.4. The molecule has 1 aromatic heterocycles. The SMILES string of the molecule is Cc1nscc1C(=O)N1CCOC(CN(C)CC(N)=O)C1. The molecule has 1 atom stereocenters. The molecule has 21 heavy (non-hydrogen) atoms. The molecular weight excluding hydrogens is 292 g/mol. The summed E-state index contributed by atoms with van der Waals surface area (Å²) in [6.45, 7) is 4.16. The average molecular weight is 312 g/mol. The number of rotatable bonds is 5. The van der Waals surface area contributed by atoms with Gasteiger partial charge in [-0.25, -0.2) is 0 Å². The first-order valence-electron chi connectivity index (χ1n) is 6.76. The van der Waals surface area contributed by atoms with E-state index in [0.717, 1.165) is 5.69 Å². The van der Waals surface area contributed by atoms with Crippen LogP contribution in [0.2, 0.25) is 0 Å². The Kier molecular flexibility index (Phi) is 5.27. The first-order chi connectivity index (χ1) is 9.97. The number of likely N-dealkylation sites (N-methyl/N-ethyl adjacent to an activating group) is 1. The van der Waals surface area contributed by atoms with E-state index in [1.54, 1.807) is 15.2 Å². The van der Waals surface area contributed by atoms with Crippen LogP contribution in [0.15, 0.2) is 5.38 Å². The summed E-state index contributed by atoms with van der Waals surface area (Å²) in [4.78, 5) is 26.9. The number of carbonyl (C=O) groups is 2. The van der Waals surface area contributed by atoms with Crippen molar-refractivity contribution in [2.45, 2.75) is 13.0 Å². The van der Waals surface area contributed by atoms with E-state index in [2.05, 4.69) is 4.37 Å². The smallest absolute Gasteiger partial charge is 0.256 e. The Morgan fingerprint density at radius 3 is 3.00 bits per heavy atom. The van der Waals surface area contributed by atoms with Crippen molar-refractivity contribution in [3.05, 3.63) is 16.6 Å². The van der Waals surface area contributed by atoms with E-state index < -0.39 is 0 Å². The third-order valence-corrected chi connectivity index (χ3v) is 4.07. The van der Waals surface area contributed by atoms with Gasteiger partial charge < -0.3 is 15.4 Å². The zero-order valence-electron chi connectivity index (χ0n) is 12.2. The number of aryl methyl sites for hydroxylation is 1. The van der Waals surface area contributed by atoms with E-state index in [1.807, 2.05) is 14.0 Å². The van der Waals surface area contributed by atoms with Gasteiger partial charge in [-0.3, -0.25) is 14.5 Å². The second kappa shape index (κ2) is 6.97. The first kappa shape index (κ1) is 15.9. The highest BCUT2D eigenvalue weighted by atomic mass is 32.1. The topological polar surface area (TPSA) is 88.8 Å². The molecule has 1 unspecified atom stereocenters. The van der Waals surface area contributed by atoms with E-state index in [1.165, 1.54) is 11.5 Å². The number of amides is 2. The lowest BCUT2D eigenvalue weighted by molar-refractivity contribution is -0.119. The van der Waals surface area contributed by atoms with Crippen molar-refractivity contribution in [3.63, 3.8) is 0 Å². The molecule has 1 aliphatic rings. The van der Waals surface area contributed by atoms with E-state index in [-0.39, 0.29) is 24.5 Å². The second-order valence-electron chi connectivity index (χ2n) is 5.22. The van der Waals surface area contributed by atoms with Crippen LogP contribution in [-0.4, -0.2) is 71.9 Å². The number of hydrogen-bond donors (Lipinski definition) is 1. The minimum Gasteiger partial charge on any atom is -0.373 e. The fraction of sp³-hybridized carbons (Fsp3) is 0.615. The quantitative estimate of drug-likeness (QED) is 0.807. The van der Waals surface area contributed by atoms with Crippen LogP contribution in [0.25, 0.3) is 0 Å². The number of ether oxygens (including phenoxy) is 1. The Morgan fingerprint density at radius 2 is 2.38 bits per heavy atom. The van der Waals surface area contributed by atoms with Crippen molar-refractivity contribution in [1.82, 2.24) is 14.2 Å². The van der Waals surface area contributed by atoms with Crippen molar-refractivity contribution in [2.24, 2.45) is 5.73 Å². The number of carbonyl (C=O) groups excluding carboxylic acids is 2. The largest absolute Gasteiger partial charge is 0.373 e. The van der Waals surface area contributed by atoms with Crippen molar-refractivity contribution >= 4 is 23.3 Å². The highest BCUT2D eigenvalue weighted by molar-refractivity contribution is 7.03. The fourth-order valence-corrected chi connectivity index (χ4v) is 3.05. The molecule has 116 valence electrons. The van der Waals surface area contributed by atoms with Gasteiger partial charge in [0.1, 0.15) is 0 Å². The molecule has 2 amide bonds. The Hall–Kier alpha value is -1.51. The average Bonchev–Trinajstić information content (AvgIpc) is 2.83. The zero-order valence-corrected chi connectivity index (χ0v) is 13.1. The van der Waals surface area contributed by atoms with Gasteiger partial charge in [0.2, 0.25) is 5.91 Å². The predicted octanol–water partition coefficient (Wildman–Crippen LogP) is -0.290. The van der Waals surface area contributed by atoms with Crippen molar-refractivity contribution in [1.29, 1.82) is 0 Å². The maximum Gasteiger partial charge on any atom is 0.256 e. The Balaban J connectivity index is 1.93. The lowest BCUT2D eigenvalue weighted by Crippen LogP contribution is -2.50. The Morgan fingerprint density at radius 1 is 1.62 bits per heavy atom. The van der Waals surface area contributed by atoms with Crippen LogP contribution in [0, 0.1) is 6.92 Å². The predicted molar refractivity (Wildman–Crippen MR) is 79.2 cm³/mol. The molecule has 2 N–H and O–H groups in total. The molecule has 0 aromatic carbocycles. The van der Waals surface area contributed by atoms with Crippen molar-refractivity contribution in [3.8, 4) is 0 Å². The van der Waals surface area contributed by atoms with E-state index in [9.17, 15) is 9.59 Å². The summed E-state index contributed by atoms with van der Waals surface area (Å²) in [6, 6.07) is 0. The highest BCUT2D eigenvalue weighted by Crippen LogP contribution is 2.15. The lowest BCUT2D eigenvalue weighted by Gasteiger charge is -2.34. The van der Waals surface area contributed by atoms with Gasteiger partial charge in [0.05, 0.1) is 30.5 Å². The zero-order chi connectivity index (χ0) is 15.4. The van der Waals surface area contributed by atoms with E-state index >= 15 is 0 Å². The minimum absolute atomic E-state index is 0.00731. The molecule has 0 saturated carbocycles. The second-order valence-corrected chi connectivity index (χ2v) is 5.85. The van der Waals surface area contributed by atoms with E-state index in [4.69, 9.17) is 10.5 Å². The van der Waals surface area contributed by atoms with E-state index in [0.29, 0.717) is 31.8 Å². The molecule has 0 radical (unpaired) electrons. The van der Waals surface area contributed by atoms with Crippen LogP contribution in [-0.2, 0) is 9.53 Å². The molecular formula is C13H20N4O3S. The van der Waals surface area contributed by atoms with Gasteiger partial charge in [-0.05, 0) is 25.5 Å². The molecule has 1 aliphatic heterocycles. The van der Waals surface area contributed by atoms with Crippen LogP contribution in [0.1, 0.15) is 16.1 Å². The van der Waals surface area contributed by atoms with Crippen molar-refractivity contribution < 1.29 is 14.3 Å². The molecule has 0 aliphatic carbocycles. The maximum absolute atomic E-state index is 12.4. The van der Waals surface area contributed by atoms with Crippen LogP contribution >= 0.6 is 11.5 Å². The minimum atomic E-state index is -0.374. The summed E-state index contributed by atoms with van der Waals surface area (Å²) in [5.41, 5.74) is 6.58. The number of nitrogens with zero attached hydrogens (tertiary/aromatic N) is 3. The molecule has 2 heterocycles. The number of morpholine rings is 1. The molecule has 1 saturated heterocycles. The van der Waals surface area contributed by atoms with Crippen molar-refractivity contribution in [2.75, 3.05) is 39.8 Å². The van der Waals surface area contributed by atoms with Crippen LogP contribution in [0.4, 0.5) is 0 Å². The van der Waals surface area contributed by atoms with Crippen LogP contribution < -0.4 is 5.73 Å². The first-order valence-corrected chi connectivity index (χ1v) is 7.59. The van der Waals surface area contributed by atoms with Gasteiger partial charge in [-0.15, -0.1) is 0 Å². The molecule has 1 fully saturated rings. The highest BCUT2D eigenvalue weighted by Gasteiger charge is 2.27. The summed E-state index contributed by atoms with van der Waals surface area (Å²) in [6.07, 6.45) is -0.112. The Bertz CT molecular complexity index is 519. The standard InChI is InChI=1S/C13H20N4O3S/c1-9-11(8-21-15-9)13(19)17-3-4-20-10(6-17)5-16(2)7-12(14)18/h8,10H,3-7H2,1-2H3,(H2,14,18). The molecule has 0 bridgehead atoms. The van der Waals surface area contributed by atoms with Gasteiger partial charge in [-0.2, -0.15) is 4.37 Å².